The van der Waals surface area contributed by atoms with E-state index in [0.717, 1.165) is 32.1 Å². The fourth-order valence-electron chi connectivity index (χ4n) is 2.95. The lowest BCUT2D eigenvalue weighted by Crippen LogP contribution is -2.47. The predicted molar refractivity (Wildman–Crippen MR) is 90.2 cm³/mol. The molecular formula is C18H24N4. The van der Waals surface area contributed by atoms with E-state index in [1.54, 1.807) is 0 Å². The molecular weight excluding hydrogens is 272 g/mol. The zero-order valence-electron chi connectivity index (χ0n) is 13.2. The summed E-state index contributed by atoms with van der Waals surface area (Å²) in [4.78, 5) is 13.5. The molecule has 1 aromatic carbocycles. The molecule has 1 atom stereocenters. The van der Waals surface area contributed by atoms with Gasteiger partial charge in [0.25, 0.3) is 0 Å². The lowest BCUT2D eigenvalue weighted by Gasteiger charge is -2.35. The number of hydrogen-bond donors (Lipinski definition) is 0. The normalized spacial score (nSPS) is 17.4. The molecule has 1 aliphatic rings. The van der Waals surface area contributed by atoms with Crippen LogP contribution in [0.3, 0.4) is 0 Å². The Bertz CT molecular complexity index is 550. The number of rotatable bonds is 5. The molecule has 4 heteroatoms. The molecule has 0 saturated carbocycles. The van der Waals surface area contributed by atoms with Crippen LogP contribution in [-0.2, 0) is 0 Å². The van der Waals surface area contributed by atoms with Crippen LogP contribution in [0, 0.1) is 0 Å². The number of aromatic nitrogens is 2. The Morgan fingerprint density at radius 3 is 2.32 bits per heavy atom. The number of piperazine rings is 1. The minimum Gasteiger partial charge on any atom is -0.338 e. The maximum absolute atomic E-state index is 4.34. The molecule has 1 aliphatic heterocycles. The van der Waals surface area contributed by atoms with E-state index in [1.165, 1.54) is 18.5 Å². The number of hydrogen-bond acceptors (Lipinski definition) is 4. The molecule has 0 radical (unpaired) electrons. The Kier molecular flexibility index (Phi) is 5.01. The van der Waals surface area contributed by atoms with Gasteiger partial charge in [-0.3, -0.25) is 4.90 Å². The molecule has 1 aromatic heterocycles. The van der Waals surface area contributed by atoms with Crippen LogP contribution >= 0.6 is 0 Å². The first-order valence-electron chi connectivity index (χ1n) is 8.12. The van der Waals surface area contributed by atoms with E-state index in [0.29, 0.717) is 5.92 Å². The molecule has 22 heavy (non-hydrogen) atoms. The van der Waals surface area contributed by atoms with Crippen molar-refractivity contribution in [3.05, 3.63) is 54.4 Å². The van der Waals surface area contributed by atoms with Crippen LogP contribution in [0.5, 0.6) is 0 Å². The van der Waals surface area contributed by atoms with Gasteiger partial charge in [-0.1, -0.05) is 37.3 Å². The zero-order valence-corrected chi connectivity index (χ0v) is 13.2. The highest BCUT2D eigenvalue weighted by molar-refractivity contribution is 5.29. The monoisotopic (exact) mass is 296 g/mol. The Hall–Kier alpha value is -1.94. The van der Waals surface area contributed by atoms with Crippen molar-refractivity contribution in [1.29, 1.82) is 0 Å². The van der Waals surface area contributed by atoms with Gasteiger partial charge in [-0.15, -0.1) is 0 Å². The Labute approximate surface area is 132 Å². The summed E-state index contributed by atoms with van der Waals surface area (Å²) in [6, 6.07) is 12.7. The molecule has 116 valence electrons. The van der Waals surface area contributed by atoms with E-state index in [2.05, 4.69) is 57.0 Å². The molecule has 2 heterocycles. The average Bonchev–Trinajstić information content (AvgIpc) is 2.61. The van der Waals surface area contributed by atoms with E-state index in [-0.39, 0.29) is 0 Å². The first-order valence-corrected chi connectivity index (χ1v) is 8.12. The lowest BCUT2D eigenvalue weighted by atomic mass is 9.97. The largest absolute Gasteiger partial charge is 0.338 e. The van der Waals surface area contributed by atoms with Gasteiger partial charge in [-0.05, 0) is 30.5 Å². The first-order chi connectivity index (χ1) is 10.8. The minimum absolute atomic E-state index is 0.622. The summed E-state index contributed by atoms with van der Waals surface area (Å²) in [6.45, 7) is 7.72. The van der Waals surface area contributed by atoms with Gasteiger partial charge in [0.1, 0.15) is 0 Å². The minimum atomic E-state index is 0.622. The van der Waals surface area contributed by atoms with Gasteiger partial charge in [0.2, 0.25) is 5.95 Å². The smallest absolute Gasteiger partial charge is 0.225 e. The van der Waals surface area contributed by atoms with Crippen molar-refractivity contribution in [3.63, 3.8) is 0 Å². The second kappa shape index (κ2) is 7.36. The van der Waals surface area contributed by atoms with Crippen LogP contribution in [0.1, 0.15) is 24.8 Å². The summed E-state index contributed by atoms with van der Waals surface area (Å²) in [6.07, 6.45) is 4.85. The summed E-state index contributed by atoms with van der Waals surface area (Å²) in [7, 11) is 0. The van der Waals surface area contributed by atoms with Crippen molar-refractivity contribution in [2.75, 3.05) is 37.6 Å². The molecule has 0 spiro atoms. The standard InChI is InChI=1S/C18H24N4/c1-16(17-6-3-2-4-7-17)8-11-21-12-14-22(15-13-21)18-19-9-5-10-20-18/h2-7,9-10,16H,8,11-15H2,1H3/t16-/m0/s1. The molecule has 3 rings (SSSR count). The highest BCUT2D eigenvalue weighted by Gasteiger charge is 2.19. The Balaban J connectivity index is 1.44. The van der Waals surface area contributed by atoms with Gasteiger partial charge in [-0.25, -0.2) is 9.97 Å². The maximum Gasteiger partial charge on any atom is 0.225 e. The van der Waals surface area contributed by atoms with E-state index in [1.807, 2.05) is 18.5 Å². The first kappa shape index (κ1) is 15.0. The molecule has 0 bridgehead atoms. The van der Waals surface area contributed by atoms with Crippen LogP contribution in [0.4, 0.5) is 5.95 Å². The highest BCUT2D eigenvalue weighted by Crippen LogP contribution is 2.19. The van der Waals surface area contributed by atoms with E-state index in [4.69, 9.17) is 0 Å². The molecule has 1 fully saturated rings. The van der Waals surface area contributed by atoms with Gasteiger partial charge in [0.15, 0.2) is 0 Å². The molecule has 1 saturated heterocycles. The predicted octanol–water partition coefficient (Wildman–Crippen LogP) is 2.79. The summed E-state index contributed by atoms with van der Waals surface area (Å²) >= 11 is 0. The van der Waals surface area contributed by atoms with E-state index >= 15 is 0 Å². The fourth-order valence-corrected chi connectivity index (χ4v) is 2.95. The quantitative estimate of drug-likeness (QED) is 0.849. The van der Waals surface area contributed by atoms with Gasteiger partial charge >= 0.3 is 0 Å². The van der Waals surface area contributed by atoms with Gasteiger partial charge < -0.3 is 4.90 Å². The third kappa shape index (κ3) is 3.83. The van der Waals surface area contributed by atoms with E-state index in [9.17, 15) is 0 Å². The Morgan fingerprint density at radius 1 is 0.955 bits per heavy atom. The third-order valence-electron chi connectivity index (χ3n) is 4.45. The molecule has 0 aliphatic carbocycles. The third-order valence-corrected chi connectivity index (χ3v) is 4.45. The van der Waals surface area contributed by atoms with Crippen molar-refractivity contribution < 1.29 is 0 Å². The molecule has 2 aromatic rings. The van der Waals surface area contributed by atoms with Crippen molar-refractivity contribution in [2.24, 2.45) is 0 Å². The molecule has 4 nitrogen and oxygen atoms in total. The van der Waals surface area contributed by atoms with Crippen LogP contribution in [0.25, 0.3) is 0 Å². The summed E-state index contributed by atoms with van der Waals surface area (Å²) < 4.78 is 0. The zero-order chi connectivity index (χ0) is 15.2. The van der Waals surface area contributed by atoms with Crippen molar-refractivity contribution in [1.82, 2.24) is 14.9 Å². The second-order valence-corrected chi connectivity index (χ2v) is 5.98. The average molecular weight is 296 g/mol. The van der Waals surface area contributed by atoms with Crippen LogP contribution < -0.4 is 4.90 Å². The van der Waals surface area contributed by atoms with Crippen LogP contribution in [0.2, 0.25) is 0 Å². The SMILES string of the molecule is C[C@@H](CCN1CCN(c2ncccn2)CC1)c1ccccc1. The summed E-state index contributed by atoms with van der Waals surface area (Å²) in [5, 5.41) is 0. The van der Waals surface area contributed by atoms with Gasteiger partial charge in [0, 0.05) is 38.6 Å². The fraction of sp³-hybridized carbons (Fsp3) is 0.444. The van der Waals surface area contributed by atoms with Crippen LogP contribution in [-0.4, -0.2) is 47.6 Å². The highest BCUT2D eigenvalue weighted by atomic mass is 15.3. The van der Waals surface area contributed by atoms with Crippen molar-refractivity contribution >= 4 is 5.95 Å². The number of anilines is 1. The van der Waals surface area contributed by atoms with E-state index < -0.39 is 0 Å². The molecule has 0 N–H and O–H groups in total. The van der Waals surface area contributed by atoms with Crippen LogP contribution in [0.15, 0.2) is 48.8 Å². The number of nitrogens with zero attached hydrogens (tertiary/aromatic N) is 4. The van der Waals surface area contributed by atoms with Gasteiger partial charge in [0.05, 0.1) is 0 Å². The maximum atomic E-state index is 4.34. The van der Waals surface area contributed by atoms with Gasteiger partial charge in [-0.2, -0.15) is 0 Å². The summed E-state index contributed by atoms with van der Waals surface area (Å²) in [5.74, 6) is 1.48. The Morgan fingerprint density at radius 2 is 1.64 bits per heavy atom. The second-order valence-electron chi connectivity index (χ2n) is 5.98. The van der Waals surface area contributed by atoms with Crippen molar-refractivity contribution in [2.45, 2.75) is 19.3 Å². The lowest BCUT2D eigenvalue weighted by molar-refractivity contribution is 0.248. The summed E-state index contributed by atoms with van der Waals surface area (Å²) in [5.41, 5.74) is 1.44. The molecule has 0 amide bonds. The number of benzene rings is 1. The van der Waals surface area contributed by atoms with Crippen molar-refractivity contribution in [3.8, 4) is 0 Å². The topological polar surface area (TPSA) is 32.3 Å². The molecule has 0 unspecified atom stereocenters.